The van der Waals surface area contributed by atoms with E-state index in [1.807, 2.05) is 0 Å². The van der Waals surface area contributed by atoms with Crippen LogP contribution in [0.5, 0.6) is 0 Å². The number of rotatable bonds is 4. The molecule has 1 N–H and O–H groups in total. The molecule has 0 bridgehead atoms. The summed E-state index contributed by atoms with van der Waals surface area (Å²) in [7, 11) is 0. The third kappa shape index (κ3) is 3.50. The lowest BCUT2D eigenvalue weighted by molar-refractivity contribution is 0.0382. The Morgan fingerprint density at radius 1 is 0.931 bits per heavy atom. The van der Waals surface area contributed by atoms with Crippen LogP contribution in [0.25, 0.3) is 0 Å². The van der Waals surface area contributed by atoms with Gasteiger partial charge in [-0.1, -0.05) is 77.0 Å². The van der Waals surface area contributed by atoms with Crippen LogP contribution >= 0.6 is 0 Å². The number of fused-ring (bicyclic) bond motifs is 5. The van der Waals surface area contributed by atoms with Crippen molar-refractivity contribution in [1.29, 1.82) is 0 Å². The number of aliphatic hydroxyl groups is 1. The van der Waals surface area contributed by atoms with Gasteiger partial charge in [0.1, 0.15) is 0 Å². The summed E-state index contributed by atoms with van der Waals surface area (Å²) in [5.41, 5.74) is 4.07. The van der Waals surface area contributed by atoms with E-state index in [9.17, 15) is 5.11 Å². The summed E-state index contributed by atoms with van der Waals surface area (Å²) >= 11 is 0. The fourth-order valence-corrected chi connectivity index (χ4v) is 7.59. The first-order valence-electron chi connectivity index (χ1n) is 12.4. The highest BCUT2D eigenvalue weighted by Gasteiger charge is 2.56. The number of hydrogen-bond donors (Lipinski definition) is 1. The van der Waals surface area contributed by atoms with E-state index in [2.05, 4.69) is 65.8 Å². The van der Waals surface area contributed by atoms with Gasteiger partial charge in [-0.2, -0.15) is 0 Å². The normalized spacial score (nSPS) is 44.0. The van der Waals surface area contributed by atoms with Crippen molar-refractivity contribution in [2.45, 2.75) is 92.6 Å². The third-order valence-electron chi connectivity index (χ3n) is 10.0. The van der Waals surface area contributed by atoms with Gasteiger partial charge >= 0.3 is 0 Å². The molecule has 0 radical (unpaired) electrons. The zero-order valence-corrected chi connectivity index (χ0v) is 19.7. The Morgan fingerprint density at radius 2 is 1.69 bits per heavy atom. The van der Waals surface area contributed by atoms with Crippen LogP contribution in [0.3, 0.4) is 0 Å². The summed E-state index contributed by atoms with van der Waals surface area (Å²) in [6.07, 6.45) is 18.4. The molecule has 3 unspecified atom stereocenters. The van der Waals surface area contributed by atoms with E-state index in [0.29, 0.717) is 22.7 Å². The van der Waals surface area contributed by atoms with Crippen LogP contribution < -0.4 is 0 Å². The Kier molecular flexibility index (Phi) is 5.69. The highest BCUT2D eigenvalue weighted by Crippen LogP contribution is 2.65. The zero-order valence-electron chi connectivity index (χ0n) is 19.7. The largest absolute Gasteiger partial charge is 0.393 e. The minimum absolute atomic E-state index is 0.116. The van der Waals surface area contributed by atoms with E-state index in [4.69, 9.17) is 0 Å². The molecular formula is C28H44O. The van der Waals surface area contributed by atoms with Crippen molar-refractivity contribution in [2.75, 3.05) is 0 Å². The molecular weight excluding hydrogens is 352 g/mol. The first kappa shape index (κ1) is 21.4. The van der Waals surface area contributed by atoms with Crippen molar-refractivity contribution in [1.82, 2.24) is 0 Å². The molecule has 0 heterocycles. The molecule has 8 atom stereocenters. The molecule has 0 aliphatic heterocycles. The van der Waals surface area contributed by atoms with Crippen molar-refractivity contribution in [3.05, 3.63) is 35.5 Å². The lowest BCUT2D eigenvalue weighted by atomic mass is 9.50. The van der Waals surface area contributed by atoms with Gasteiger partial charge in [-0.15, -0.1) is 0 Å². The van der Waals surface area contributed by atoms with Crippen LogP contribution in [0.15, 0.2) is 35.5 Å². The maximum absolute atomic E-state index is 10.2. The molecule has 4 rings (SSSR count). The van der Waals surface area contributed by atoms with Gasteiger partial charge in [0.2, 0.25) is 0 Å². The smallest absolute Gasteiger partial charge is 0.0578 e. The number of allylic oxidation sites excluding steroid dienone is 5. The summed E-state index contributed by atoms with van der Waals surface area (Å²) in [6, 6.07) is 0. The molecule has 29 heavy (non-hydrogen) atoms. The summed E-state index contributed by atoms with van der Waals surface area (Å²) in [5.74, 6) is 4.38. The highest BCUT2D eigenvalue weighted by molar-refractivity contribution is 5.39. The number of hydrogen-bond acceptors (Lipinski definition) is 1. The zero-order chi connectivity index (χ0) is 21.0. The van der Waals surface area contributed by atoms with Crippen molar-refractivity contribution in [2.24, 2.45) is 46.3 Å². The Morgan fingerprint density at radius 3 is 2.41 bits per heavy atom. The first-order chi connectivity index (χ1) is 13.7. The summed E-state index contributed by atoms with van der Waals surface area (Å²) < 4.78 is 0. The predicted octanol–water partition coefficient (Wildman–Crippen LogP) is 7.33. The van der Waals surface area contributed by atoms with E-state index in [1.54, 1.807) is 5.57 Å². The molecule has 1 nitrogen and oxygen atoms in total. The predicted molar refractivity (Wildman–Crippen MR) is 123 cm³/mol. The average Bonchev–Trinajstić information content (AvgIpc) is 3.03. The lowest BCUT2D eigenvalue weighted by Gasteiger charge is -2.55. The maximum Gasteiger partial charge on any atom is 0.0578 e. The molecule has 4 aliphatic carbocycles. The second-order valence-electron chi connectivity index (χ2n) is 11.9. The summed E-state index contributed by atoms with van der Waals surface area (Å²) in [4.78, 5) is 0. The quantitative estimate of drug-likeness (QED) is 0.493. The van der Waals surface area contributed by atoms with E-state index in [-0.39, 0.29) is 6.10 Å². The van der Waals surface area contributed by atoms with Crippen molar-refractivity contribution in [3.8, 4) is 0 Å². The van der Waals surface area contributed by atoms with Gasteiger partial charge in [-0.3, -0.25) is 0 Å². The minimum Gasteiger partial charge on any atom is -0.393 e. The summed E-state index contributed by atoms with van der Waals surface area (Å²) in [6.45, 7) is 14.6. The second-order valence-corrected chi connectivity index (χ2v) is 11.9. The van der Waals surface area contributed by atoms with E-state index in [0.717, 1.165) is 36.5 Å². The van der Waals surface area contributed by atoms with Crippen LogP contribution in [0.1, 0.15) is 86.5 Å². The van der Waals surface area contributed by atoms with Crippen molar-refractivity contribution < 1.29 is 5.11 Å². The maximum atomic E-state index is 10.2. The molecule has 3 saturated carbocycles. The number of aliphatic hydroxyl groups excluding tert-OH is 1. The minimum atomic E-state index is -0.116. The standard InChI is InChI=1S/C28H44O/c1-18(2)19(3)7-8-20(4)24-11-12-25-23-10-9-21-17-22(29)13-15-27(21,5)26(23)14-16-28(24,25)6/h7-10,18-20,22,24-26,29H,11-17H2,1-6H3/b8-7+/t19-,20-,22?,24?,25+,26?,27+,28-/m1/s1. The highest BCUT2D eigenvalue weighted by atomic mass is 16.3. The van der Waals surface area contributed by atoms with Gasteiger partial charge in [-0.05, 0) is 91.3 Å². The SMILES string of the molecule is CC(C)[C@H](C)/C=C/[C@@H](C)C1CC[C@H]2C3=CC=C4CC(O)CC[C@]4(C)C3CC[C@]12C. The molecule has 0 aromatic heterocycles. The van der Waals surface area contributed by atoms with E-state index >= 15 is 0 Å². The molecule has 1 heteroatoms. The Labute approximate surface area is 179 Å². The fraction of sp³-hybridized carbons (Fsp3) is 0.786. The van der Waals surface area contributed by atoms with Gasteiger partial charge in [-0.25, -0.2) is 0 Å². The van der Waals surface area contributed by atoms with Gasteiger partial charge in [0.05, 0.1) is 6.10 Å². The van der Waals surface area contributed by atoms with Crippen LogP contribution in [-0.2, 0) is 0 Å². The Hall–Kier alpha value is -0.820. The molecule has 3 fully saturated rings. The Balaban J connectivity index is 1.57. The molecule has 4 aliphatic rings. The first-order valence-corrected chi connectivity index (χ1v) is 12.4. The van der Waals surface area contributed by atoms with Crippen LogP contribution in [-0.4, -0.2) is 11.2 Å². The van der Waals surface area contributed by atoms with Crippen LogP contribution in [0.2, 0.25) is 0 Å². The van der Waals surface area contributed by atoms with E-state index in [1.165, 1.54) is 37.7 Å². The summed E-state index contributed by atoms with van der Waals surface area (Å²) in [5, 5.41) is 10.2. The van der Waals surface area contributed by atoms with Gasteiger partial charge in [0, 0.05) is 0 Å². The van der Waals surface area contributed by atoms with Gasteiger partial charge in [0.25, 0.3) is 0 Å². The topological polar surface area (TPSA) is 20.2 Å². The van der Waals surface area contributed by atoms with Crippen molar-refractivity contribution >= 4 is 0 Å². The van der Waals surface area contributed by atoms with Gasteiger partial charge < -0.3 is 5.11 Å². The lowest BCUT2D eigenvalue weighted by Crippen LogP contribution is -2.46. The third-order valence-corrected chi connectivity index (χ3v) is 10.0. The molecule has 0 amide bonds. The average molecular weight is 397 g/mol. The Bertz CT molecular complexity index is 712. The van der Waals surface area contributed by atoms with Crippen LogP contribution in [0.4, 0.5) is 0 Å². The molecule has 0 saturated heterocycles. The molecule has 0 aromatic carbocycles. The molecule has 0 aromatic rings. The monoisotopic (exact) mass is 396 g/mol. The molecule has 0 spiro atoms. The fourth-order valence-electron chi connectivity index (χ4n) is 7.59. The van der Waals surface area contributed by atoms with Crippen molar-refractivity contribution in [3.63, 3.8) is 0 Å². The molecule has 162 valence electrons. The van der Waals surface area contributed by atoms with E-state index < -0.39 is 0 Å². The van der Waals surface area contributed by atoms with Gasteiger partial charge in [0.15, 0.2) is 0 Å². The second kappa shape index (κ2) is 7.70. The van der Waals surface area contributed by atoms with Crippen LogP contribution in [0, 0.1) is 46.3 Å².